The Morgan fingerprint density at radius 1 is 1.42 bits per heavy atom. The van der Waals surface area contributed by atoms with Crippen LogP contribution in [0.1, 0.15) is 18.4 Å². The van der Waals surface area contributed by atoms with Gasteiger partial charge in [0.25, 0.3) is 5.91 Å². The molecule has 0 spiro atoms. The van der Waals surface area contributed by atoms with Crippen LogP contribution >= 0.6 is 11.6 Å². The molecule has 3 rings (SSSR count). The maximum Gasteiger partial charge on any atom is 0.264 e. The Morgan fingerprint density at radius 3 is 3.05 bits per heavy atom. The lowest BCUT2D eigenvalue weighted by Crippen LogP contribution is -2.46. The van der Waals surface area contributed by atoms with E-state index in [0.29, 0.717) is 18.2 Å². The van der Waals surface area contributed by atoms with Crippen LogP contribution in [0, 0.1) is 5.92 Å². The largest absolute Gasteiger partial charge is 0.480 e. The van der Waals surface area contributed by atoms with Crippen molar-refractivity contribution in [1.82, 2.24) is 4.90 Å². The van der Waals surface area contributed by atoms with Gasteiger partial charge in [0.15, 0.2) is 6.10 Å². The molecule has 3 nitrogen and oxygen atoms in total. The average molecular weight is 280 g/mol. The number of rotatable bonds is 2. The van der Waals surface area contributed by atoms with Crippen molar-refractivity contribution in [2.45, 2.75) is 25.4 Å². The minimum absolute atomic E-state index is 0.117. The molecule has 0 aliphatic carbocycles. The number of carbonyl (C=O) groups is 1. The van der Waals surface area contributed by atoms with Crippen molar-refractivity contribution >= 4 is 17.5 Å². The maximum absolute atomic E-state index is 12.5. The number of amides is 1. The SMILES string of the molecule is O=C(C1Cc2ccccc2O1)N1CCCC(CCl)C1. The van der Waals surface area contributed by atoms with E-state index in [2.05, 4.69) is 0 Å². The summed E-state index contributed by atoms with van der Waals surface area (Å²) in [5.41, 5.74) is 1.13. The second kappa shape index (κ2) is 5.41. The van der Waals surface area contributed by atoms with Crippen molar-refractivity contribution in [2.24, 2.45) is 5.92 Å². The predicted molar refractivity (Wildman–Crippen MR) is 74.6 cm³/mol. The summed E-state index contributed by atoms with van der Waals surface area (Å²) in [7, 11) is 0. The zero-order valence-electron chi connectivity index (χ0n) is 10.8. The number of nitrogens with zero attached hydrogens (tertiary/aromatic N) is 1. The van der Waals surface area contributed by atoms with Gasteiger partial charge in [-0.3, -0.25) is 4.79 Å². The Hall–Kier alpha value is -1.22. The molecule has 0 N–H and O–H groups in total. The summed E-state index contributed by atoms with van der Waals surface area (Å²) in [4.78, 5) is 14.4. The Bertz CT molecular complexity index is 452. The number of likely N-dealkylation sites (tertiary alicyclic amines) is 1. The first-order valence-corrected chi connectivity index (χ1v) is 7.40. The molecule has 4 heteroatoms. The normalized spacial score (nSPS) is 25.8. The lowest BCUT2D eigenvalue weighted by Gasteiger charge is -2.33. The zero-order chi connectivity index (χ0) is 13.2. The topological polar surface area (TPSA) is 29.5 Å². The molecule has 0 bridgehead atoms. The quantitative estimate of drug-likeness (QED) is 0.779. The molecule has 2 unspecified atom stereocenters. The Morgan fingerprint density at radius 2 is 2.26 bits per heavy atom. The van der Waals surface area contributed by atoms with Crippen LogP contribution in [-0.2, 0) is 11.2 Å². The summed E-state index contributed by atoms with van der Waals surface area (Å²) >= 11 is 5.91. The zero-order valence-corrected chi connectivity index (χ0v) is 11.6. The molecule has 2 atom stereocenters. The van der Waals surface area contributed by atoms with E-state index in [1.54, 1.807) is 0 Å². The third-order valence-electron chi connectivity index (χ3n) is 3.97. The van der Waals surface area contributed by atoms with Gasteiger partial charge in [-0.05, 0) is 30.4 Å². The predicted octanol–water partition coefficient (Wildman–Crippen LogP) is 2.47. The van der Waals surface area contributed by atoms with E-state index in [1.807, 2.05) is 29.2 Å². The number of hydrogen-bond donors (Lipinski definition) is 0. The highest BCUT2D eigenvalue weighted by Gasteiger charge is 2.34. The van der Waals surface area contributed by atoms with Gasteiger partial charge in [-0.1, -0.05) is 18.2 Å². The van der Waals surface area contributed by atoms with Crippen molar-refractivity contribution in [3.8, 4) is 5.75 Å². The van der Waals surface area contributed by atoms with Crippen LogP contribution in [0.15, 0.2) is 24.3 Å². The molecule has 102 valence electrons. The molecule has 2 aliphatic rings. The molecule has 2 aliphatic heterocycles. The second-order valence-corrected chi connectivity index (χ2v) is 5.67. The number of alkyl halides is 1. The number of para-hydroxylation sites is 1. The van der Waals surface area contributed by atoms with Gasteiger partial charge < -0.3 is 9.64 Å². The van der Waals surface area contributed by atoms with Gasteiger partial charge in [-0.25, -0.2) is 0 Å². The van der Waals surface area contributed by atoms with Gasteiger partial charge in [0.2, 0.25) is 0 Å². The highest BCUT2D eigenvalue weighted by molar-refractivity contribution is 6.18. The van der Waals surface area contributed by atoms with Crippen molar-refractivity contribution in [1.29, 1.82) is 0 Å². The third-order valence-corrected chi connectivity index (χ3v) is 4.41. The van der Waals surface area contributed by atoms with Crippen LogP contribution < -0.4 is 4.74 Å². The fourth-order valence-corrected chi connectivity index (χ4v) is 3.17. The fourth-order valence-electron chi connectivity index (χ4n) is 2.91. The van der Waals surface area contributed by atoms with E-state index in [1.165, 1.54) is 0 Å². The molecule has 1 aromatic rings. The Labute approximate surface area is 118 Å². The molecule has 0 saturated carbocycles. The molecule has 1 fully saturated rings. The molecule has 19 heavy (non-hydrogen) atoms. The van der Waals surface area contributed by atoms with Crippen LogP contribution in [0.25, 0.3) is 0 Å². The van der Waals surface area contributed by atoms with E-state index in [0.717, 1.165) is 37.2 Å². The summed E-state index contributed by atoms with van der Waals surface area (Å²) in [5.74, 6) is 2.04. The van der Waals surface area contributed by atoms with Crippen LogP contribution in [-0.4, -0.2) is 35.9 Å². The first-order valence-electron chi connectivity index (χ1n) is 6.87. The minimum atomic E-state index is -0.341. The van der Waals surface area contributed by atoms with Crippen molar-refractivity contribution in [3.63, 3.8) is 0 Å². The lowest BCUT2D eigenvalue weighted by atomic mass is 9.99. The molecule has 1 aromatic carbocycles. The lowest BCUT2D eigenvalue weighted by molar-refractivity contribution is -0.139. The molecule has 1 amide bonds. The highest BCUT2D eigenvalue weighted by Crippen LogP contribution is 2.29. The Balaban J connectivity index is 1.66. The number of carbonyl (C=O) groups excluding carboxylic acids is 1. The van der Waals surface area contributed by atoms with E-state index in [9.17, 15) is 4.79 Å². The number of benzene rings is 1. The van der Waals surface area contributed by atoms with Gasteiger partial charge in [0.05, 0.1) is 0 Å². The molecule has 0 aromatic heterocycles. The molecule has 2 heterocycles. The molecule has 1 saturated heterocycles. The standard InChI is InChI=1S/C15H18ClNO2/c16-9-11-4-3-7-17(10-11)15(18)14-8-12-5-1-2-6-13(12)19-14/h1-2,5-6,11,14H,3-4,7-10H2. The van der Waals surface area contributed by atoms with E-state index < -0.39 is 0 Å². The number of halogens is 1. The van der Waals surface area contributed by atoms with E-state index in [4.69, 9.17) is 16.3 Å². The molecule has 0 radical (unpaired) electrons. The molecular formula is C15H18ClNO2. The monoisotopic (exact) mass is 279 g/mol. The summed E-state index contributed by atoms with van der Waals surface area (Å²) in [6, 6.07) is 7.89. The smallest absolute Gasteiger partial charge is 0.264 e. The third kappa shape index (κ3) is 2.57. The van der Waals surface area contributed by atoms with Crippen molar-refractivity contribution < 1.29 is 9.53 Å². The van der Waals surface area contributed by atoms with E-state index >= 15 is 0 Å². The summed E-state index contributed by atoms with van der Waals surface area (Å²) < 4.78 is 5.77. The fraction of sp³-hybridized carbons (Fsp3) is 0.533. The molecular weight excluding hydrogens is 262 g/mol. The summed E-state index contributed by atoms with van der Waals surface area (Å²) in [6.45, 7) is 1.61. The van der Waals surface area contributed by atoms with Gasteiger partial charge in [-0.15, -0.1) is 11.6 Å². The van der Waals surface area contributed by atoms with Crippen LogP contribution in [0.4, 0.5) is 0 Å². The number of ether oxygens (including phenoxy) is 1. The number of fused-ring (bicyclic) bond motifs is 1. The van der Waals surface area contributed by atoms with Gasteiger partial charge in [0, 0.05) is 25.4 Å². The van der Waals surface area contributed by atoms with Gasteiger partial charge in [-0.2, -0.15) is 0 Å². The van der Waals surface area contributed by atoms with E-state index in [-0.39, 0.29) is 12.0 Å². The van der Waals surface area contributed by atoms with Crippen LogP contribution in [0.2, 0.25) is 0 Å². The minimum Gasteiger partial charge on any atom is -0.480 e. The summed E-state index contributed by atoms with van der Waals surface area (Å²) in [6.07, 6.45) is 2.52. The van der Waals surface area contributed by atoms with Crippen LogP contribution in [0.5, 0.6) is 5.75 Å². The Kier molecular flexibility index (Phi) is 3.65. The second-order valence-electron chi connectivity index (χ2n) is 5.37. The first kappa shape index (κ1) is 12.8. The van der Waals surface area contributed by atoms with Gasteiger partial charge in [0.1, 0.15) is 5.75 Å². The highest BCUT2D eigenvalue weighted by atomic mass is 35.5. The van der Waals surface area contributed by atoms with Crippen LogP contribution in [0.3, 0.4) is 0 Å². The van der Waals surface area contributed by atoms with Crippen molar-refractivity contribution in [2.75, 3.05) is 19.0 Å². The number of piperidine rings is 1. The summed E-state index contributed by atoms with van der Waals surface area (Å²) in [5, 5.41) is 0. The van der Waals surface area contributed by atoms with Crippen molar-refractivity contribution in [3.05, 3.63) is 29.8 Å². The average Bonchev–Trinajstić information content (AvgIpc) is 2.90. The number of hydrogen-bond acceptors (Lipinski definition) is 2. The van der Waals surface area contributed by atoms with Gasteiger partial charge >= 0.3 is 0 Å². The first-order chi connectivity index (χ1) is 9.28. The maximum atomic E-state index is 12.5.